The number of nitrogens with one attached hydrogen (secondary N) is 3. The minimum Gasteiger partial charge on any atom is -0.404 e. The zero-order valence-corrected chi connectivity index (χ0v) is 20.3. The molecule has 8 heteroatoms. The van der Waals surface area contributed by atoms with Crippen LogP contribution in [0.5, 0.6) is 0 Å². The van der Waals surface area contributed by atoms with Gasteiger partial charge in [-0.25, -0.2) is 4.98 Å². The first-order valence-electron chi connectivity index (χ1n) is 11.1. The van der Waals surface area contributed by atoms with Gasteiger partial charge in [-0.15, -0.1) is 0 Å². The van der Waals surface area contributed by atoms with E-state index in [0.717, 1.165) is 33.6 Å². The van der Waals surface area contributed by atoms with Gasteiger partial charge < -0.3 is 22.1 Å². The fraction of sp³-hybridized carbons (Fsp3) is 0.231. The highest BCUT2D eigenvalue weighted by Crippen LogP contribution is 2.23. The molecule has 0 aliphatic carbocycles. The molecule has 8 nitrogen and oxygen atoms in total. The zero-order valence-electron chi connectivity index (χ0n) is 20.3. The Morgan fingerprint density at radius 1 is 1.03 bits per heavy atom. The number of fused-ring (bicyclic) bond motifs is 1. The van der Waals surface area contributed by atoms with E-state index in [1.54, 1.807) is 31.7 Å². The largest absolute Gasteiger partial charge is 0.404 e. The Morgan fingerprint density at radius 3 is 2.35 bits per heavy atom. The molecule has 0 aliphatic heterocycles. The minimum absolute atomic E-state index is 0.252. The van der Waals surface area contributed by atoms with Gasteiger partial charge in [0.1, 0.15) is 11.6 Å². The number of hydrogen-bond acceptors (Lipinski definition) is 8. The maximum Gasteiger partial charge on any atom is 0.132 e. The molecule has 0 radical (unpaired) electrons. The van der Waals surface area contributed by atoms with E-state index in [9.17, 15) is 0 Å². The summed E-state index contributed by atoms with van der Waals surface area (Å²) in [4.78, 5) is 13.7. The number of rotatable bonds is 8. The molecule has 3 rings (SSSR count). The summed E-state index contributed by atoms with van der Waals surface area (Å²) in [5.41, 5.74) is 18.6. The van der Waals surface area contributed by atoms with Crippen LogP contribution in [0, 0.1) is 25.2 Å². The van der Waals surface area contributed by atoms with Gasteiger partial charge in [0.25, 0.3) is 0 Å². The quantitative estimate of drug-likeness (QED) is 0.255. The Balaban J connectivity index is 1.97. The zero-order chi connectivity index (χ0) is 24.8. The molecule has 0 saturated heterocycles. The van der Waals surface area contributed by atoms with Crippen LogP contribution >= 0.6 is 0 Å². The molecule has 0 unspecified atom stereocenters. The van der Waals surface area contributed by atoms with Gasteiger partial charge in [-0.3, -0.25) is 15.4 Å². The first kappa shape index (κ1) is 24.4. The number of anilines is 1. The molecule has 176 valence electrons. The average molecular weight is 457 g/mol. The highest BCUT2D eigenvalue weighted by Gasteiger charge is 2.14. The van der Waals surface area contributed by atoms with Crippen LogP contribution in [0.4, 0.5) is 5.82 Å². The van der Waals surface area contributed by atoms with Crippen LogP contribution in [-0.4, -0.2) is 27.7 Å². The summed E-state index contributed by atoms with van der Waals surface area (Å²) in [5.74, 6) is 1.29. The monoisotopic (exact) mass is 456 g/mol. The van der Waals surface area contributed by atoms with E-state index in [1.165, 1.54) is 0 Å². The molecule has 3 heterocycles. The van der Waals surface area contributed by atoms with Crippen LogP contribution in [0.25, 0.3) is 16.6 Å². The van der Waals surface area contributed by atoms with Crippen LogP contribution in [0.3, 0.4) is 0 Å². The highest BCUT2D eigenvalue weighted by atomic mass is 15.1. The van der Waals surface area contributed by atoms with Gasteiger partial charge >= 0.3 is 0 Å². The second kappa shape index (κ2) is 10.6. The van der Waals surface area contributed by atoms with E-state index in [-0.39, 0.29) is 5.92 Å². The summed E-state index contributed by atoms with van der Waals surface area (Å²) in [7, 11) is 1.81. The summed E-state index contributed by atoms with van der Waals surface area (Å²) < 4.78 is 0. The van der Waals surface area contributed by atoms with E-state index in [1.807, 2.05) is 58.0 Å². The Bertz CT molecular complexity index is 1280. The molecule has 34 heavy (non-hydrogen) atoms. The molecule has 0 fully saturated rings. The van der Waals surface area contributed by atoms with E-state index in [2.05, 4.69) is 25.6 Å². The molecule has 0 amide bonds. The molecular weight excluding hydrogens is 424 g/mol. The molecule has 0 bridgehead atoms. The molecule has 3 aromatic rings. The fourth-order valence-electron chi connectivity index (χ4n) is 3.57. The third-order valence-electron chi connectivity index (χ3n) is 5.23. The third-order valence-corrected chi connectivity index (χ3v) is 5.23. The number of aryl methyl sites for hydroxylation is 2. The molecule has 0 atom stereocenters. The minimum atomic E-state index is 0.252. The lowest BCUT2D eigenvalue weighted by Crippen LogP contribution is -2.12. The number of aromatic nitrogens is 3. The van der Waals surface area contributed by atoms with Gasteiger partial charge in [0.05, 0.1) is 16.7 Å². The van der Waals surface area contributed by atoms with Crippen molar-refractivity contribution in [1.82, 2.24) is 20.3 Å². The predicted molar refractivity (Wildman–Crippen MR) is 140 cm³/mol. The van der Waals surface area contributed by atoms with Gasteiger partial charge in [0, 0.05) is 47.5 Å². The molecule has 0 saturated carbocycles. The summed E-state index contributed by atoms with van der Waals surface area (Å²) in [6.07, 6.45) is 6.91. The molecule has 3 aromatic heterocycles. The number of allylic oxidation sites excluding steroid dienone is 3. The van der Waals surface area contributed by atoms with Crippen LogP contribution < -0.4 is 22.1 Å². The fourth-order valence-corrected chi connectivity index (χ4v) is 3.57. The van der Waals surface area contributed by atoms with E-state index >= 15 is 0 Å². The van der Waals surface area contributed by atoms with Crippen molar-refractivity contribution in [3.05, 3.63) is 88.9 Å². The normalized spacial score (nSPS) is 12.8. The smallest absolute Gasteiger partial charge is 0.132 e. The summed E-state index contributed by atoms with van der Waals surface area (Å²) in [6.45, 7) is 7.95. The number of nitrogens with two attached hydrogens (primary N) is 2. The van der Waals surface area contributed by atoms with Crippen molar-refractivity contribution in [2.24, 2.45) is 17.4 Å². The SMILES string of the molecule is CN/C=C(\C(=N)c1cc(C)nc(C)c1)c1cnc2ccc(N/C(N)=C/C(=C\N)C(C)C)nc2c1. The Kier molecular flexibility index (Phi) is 7.63. The van der Waals surface area contributed by atoms with Gasteiger partial charge in [-0.2, -0.15) is 0 Å². The highest BCUT2D eigenvalue weighted by molar-refractivity contribution is 6.30. The summed E-state index contributed by atoms with van der Waals surface area (Å²) in [6, 6.07) is 9.44. The maximum atomic E-state index is 8.85. The van der Waals surface area contributed by atoms with E-state index in [0.29, 0.717) is 28.4 Å². The van der Waals surface area contributed by atoms with Crippen molar-refractivity contribution in [2.75, 3.05) is 12.4 Å². The van der Waals surface area contributed by atoms with Crippen molar-refractivity contribution in [2.45, 2.75) is 27.7 Å². The van der Waals surface area contributed by atoms with E-state index < -0.39 is 0 Å². The lowest BCUT2D eigenvalue weighted by Gasteiger charge is -2.13. The van der Waals surface area contributed by atoms with Crippen molar-refractivity contribution in [3.8, 4) is 0 Å². The Morgan fingerprint density at radius 2 is 1.74 bits per heavy atom. The predicted octanol–water partition coefficient (Wildman–Crippen LogP) is 3.98. The number of hydrogen-bond donors (Lipinski definition) is 5. The molecule has 7 N–H and O–H groups in total. The number of pyridine rings is 3. The van der Waals surface area contributed by atoms with Crippen LogP contribution in [-0.2, 0) is 0 Å². The second-order valence-corrected chi connectivity index (χ2v) is 8.37. The molecule has 0 spiro atoms. The number of nitrogens with zero attached hydrogens (tertiary/aromatic N) is 3. The molecule has 0 aliphatic rings. The Hall–Kier alpha value is -4.20. The van der Waals surface area contributed by atoms with Crippen LogP contribution in [0.15, 0.2) is 66.4 Å². The van der Waals surface area contributed by atoms with Gasteiger partial charge in [0.2, 0.25) is 0 Å². The Labute approximate surface area is 200 Å². The van der Waals surface area contributed by atoms with Gasteiger partial charge in [-0.1, -0.05) is 13.8 Å². The summed E-state index contributed by atoms with van der Waals surface area (Å²) >= 11 is 0. The van der Waals surface area contributed by atoms with Crippen LogP contribution in [0.2, 0.25) is 0 Å². The topological polar surface area (TPSA) is 139 Å². The van der Waals surface area contributed by atoms with Crippen LogP contribution in [0.1, 0.15) is 36.4 Å². The second-order valence-electron chi connectivity index (χ2n) is 8.37. The lowest BCUT2D eigenvalue weighted by atomic mass is 9.97. The van der Waals surface area contributed by atoms with E-state index in [4.69, 9.17) is 16.9 Å². The maximum absolute atomic E-state index is 8.85. The first-order chi connectivity index (χ1) is 16.2. The van der Waals surface area contributed by atoms with Crippen molar-refractivity contribution < 1.29 is 0 Å². The van der Waals surface area contributed by atoms with Gasteiger partial charge in [-0.05, 0) is 67.9 Å². The van der Waals surface area contributed by atoms with Crippen molar-refractivity contribution >= 4 is 28.1 Å². The van der Waals surface area contributed by atoms with Crippen molar-refractivity contribution in [1.29, 1.82) is 5.41 Å². The summed E-state index contributed by atoms with van der Waals surface area (Å²) in [5, 5.41) is 15.0. The van der Waals surface area contributed by atoms with Gasteiger partial charge in [0.15, 0.2) is 0 Å². The first-order valence-corrected chi connectivity index (χ1v) is 11.1. The third kappa shape index (κ3) is 5.78. The van der Waals surface area contributed by atoms with Crippen molar-refractivity contribution in [3.63, 3.8) is 0 Å². The lowest BCUT2D eigenvalue weighted by molar-refractivity contribution is 0.786. The molecular formula is C26H32N8. The average Bonchev–Trinajstić information content (AvgIpc) is 2.79. The molecule has 0 aromatic carbocycles. The standard InChI is InChI=1S/C26H32N8/c1-15(2)19(12-27)11-24(28)34-25-7-6-22-23(33-25)10-20(13-31-22)21(14-30-5)26(29)18-8-16(3)32-17(4)9-18/h6-15,29-30H,27-28H2,1-5H3,(H,33,34)/b19-12+,21-14-,24-11+,29-26?.